The molecule has 0 aromatic heterocycles. The summed E-state index contributed by atoms with van der Waals surface area (Å²) in [4.78, 5) is 37.6. The maximum atomic E-state index is 13.5. The molecule has 0 fully saturated rings. The highest BCUT2D eigenvalue weighted by atomic mass is 31.2. The number of nitrogens with zero attached hydrogens (tertiary/aromatic N) is 1. The summed E-state index contributed by atoms with van der Waals surface area (Å²) in [5.74, 6) is -0.554. The summed E-state index contributed by atoms with van der Waals surface area (Å²) in [6.07, 6.45) is 68.7. The number of esters is 1. The number of hydrogen-bond donors (Lipinski definition) is 2. The third-order valence-corrected chi connectivity index (χ3v) is 14.0. The Morgan fingerprint density at radius 2 is 0.877 bits per heavy atom. The van der Waals surface area contributed by atoms with Gasteiger partial charge in [0.05, 0.1) is 33.8 Å². The summed E-state index contributed by atoms with van der Waals surface area (Å²) in [5, 5.41) is 3.04. The standard InChI is InChI=1S/C63H113N2O7P/c1-7-10-13-16-19-22-25-27-29-31-32-34-35-37-40-43-46-49-52-55-62(66)64-60(59-71-73(68,69)70-58-57-65(4,5)6)61(54-51-48-45-42-39-24-21-18-15-12-9-3)72-63(67)56-53-50-47-44-41-38-36-33-30-28-26-23-20-17-14-11-8-2/h11,14,17,20,23,26,28,30,33,36,38,41,51,54,60-61H,7-10,12-13,15-16,18-19,21-22,24-25,27,29,31-32,34-35,37,39-40,42-50,52-53,55-59H2,1-6H3,(H-,64,66,68,69)/p+1/b14-11-,20-17+,26-23+,30-28-,36-33+,41-38+,54-51+. The van der Waals surface area contributed by atoms with Gasteiger partial charge in [0.15, 0.2) is 0 Å². The molecule has 0 rings (SSSR count). The van der Waals surface area contributed by atoms with Crippen LogP contribution in [0.3, 0.4) is 0 Å². The highest BCUT2D eigenvalue weighted by Crippen LogP contribution is 2.43. The quantitative estimate of drug-likeness (QED) is 0.0156. The largest absolute Gasteiger partial charge is 0.472 e. The van der Waals surface area contributed by atoms with Gasteiger partial charge in [-0.15, -0.1) is 0 Å². The number of quaternary nitrogens is 1. The second-order valence-electron chi connectivity index (χ2n) is 21.3. The Labute approximate surface area is 450 Å². The summed E-state index contributed by atoms with van der Waals surface area (Å²) in [5.41, 5.74) is 0. The molecule has 422 valence electrons. The van der Waals surface area contributed by atoms with Gasteiger partial charge in [-0.25, -0.2) is 4.57 Å². The zero-order valence-corrected chi connectivity index (χ0v) is 49.0. The number of carbonyl (C=O) groups is 2. The Morgan fingerprint density at radius 1 is 0.493 bits per heavy atom. The van der Waals surface area contributed by atoms with E-state index < -0.39 is 20.0 Å². The number of hydrogen-bond acceptors (Lipinski definition) is 6. The van der Waals surface area contributed by atoms with Crippen LogP contribution in [0.5, 0.6) is 0 Å². The number of likely N-dealkylation sites (N-methyl/N-ethyl adjacent to an activating group) is 1. The van der Waals surface area contributed by atoms with Crippen LogP contribution in [0.15, 0.2) is 85.1 Å². The molecule has 0 aliphatic rings. The molecule has 73 heavy (non-hydrogen) atoms. The van der Waals surface area contributed by atoms with Gasteiger partial charge in [0.25, 0.3) is 0 Å². The highest BCUT2D eigenvalue weighted by Gasteiger charge is 2.30. The monoisotopic (exact) mass is 1040 g/mol. The van der Waals surface area contributed by atoms with Crippen molar-refractivity contribution in [3.8, 4) is 0 Å². The van der Waals surface area contributed by atoms with E-state index in [0.29, 0.717) is 23.9 Å². The molecule has 0 saturated carbocycles. The van der Waals surface area contributed by atoms with Crippen molar-refractivity contribution in [2.24, 2.45) is 0 Å². The van der Waals surface area contributed by atoms with Crippen molar-refractivity contribution in [2.45, 2.75) is 264 Å². The van der Waals surface area contributed by atoms with Gasteiger partial charge in [0, 0.05) is 12.8 Å². The van der Waals surface area contributed by atoms with Crippen molar-refractivity contribution >= 4 is 19.7 Å². The van der Waals surface area contributed by atoms with Crippen LogP contribution in [-0.4, -0.2) is 74.3 Å². The molecule has 3 atom stereocenters. The van der Waals surface area contributed by atoms with Crippen molar-refractivity contribution in [3.63, 3.8) is 0 Å². The molecule has 0 spiro atoms. The summed E-state index contributed by atoms with van der Waals surface area (Å²) in [6.45, 7) is 6.84. The molecular formula is C63H114N2O7P+. The lowest BCUT2D eigenvalue weighted by Gasteiger charge is -2.27. The maximum absolute atomic E-state index is 13.5. The number of rotatable bonds is 53. The summed E-state index contributed by atoms with van der Waals surface area (Å²) >= 11 is 0. The zero-order chi connectivity index (χ0) is 53.6. The van der Waals surface area contributed by atoms with Gasteiger partial charge < -0.3 is 19.4 Å². The fraction of sp³-hybridized carbons (Fsp3) is 0.746. The second-order valence-corrected chi connectivity index (χ2v) is 22.8. The maximum Gasteiger partial charge on any atom is 0.472 e. The van der Waals surface area contributed by atoms with E-state index in [1.165, 1.54) is 148 Å². The Hall–Kier alpha value is -2.81. The number of phosphoric acid groups is 1. The minimum atomic E-state index is -4.46. The first-order valence-electron chi connectivity index (χ1n) is 30.0. The molecule has 1 amide bonds. The van der Waals surface area contributed by atoms with Crippen LogP contribution >= 0.6 is 7.82 Å². The van der Waals surface area contributed by atoms with Crippen LogP contribution < -0.4 is 5.32 Å². The molecule has 9 nitrogen and oxygen atoms in total. The number of phosphoric ester groups is 1. The van der Waals surface area contributed by atoms with Gasteiger partial charge in [-0.05, 0) is 51.0 Å². The molecule has 0 aliphatic heterocycles. The average molecular weight is 1040 g/mol. The van der Waals surface area contributed by atoms with E-state index >= 15 is 0 Å². The molecule has 0 bridgehead atoms. The van der Waals surface area contributed by atoms with Crippen LogP contribution in [0, 0.1) is 0 Å². The lowest BCUT2D eigenvalue weighted by atomic mass is 10.0. The third-order valence-electron chi connectivity index (χ3n) is 13.0. The zero-order valence-electron chi connectivity index (χ0n) is 48.1. The van der Waals surface area contributed by atoms with Gasteiger partial charge >= 0.3 is 13.8 Å². The number of ether oxygens (including phenoxy) is 1. The van der Waals surface area contributed by atoms with Crippen molar-refractivity contribution in [1.29, 1.82) is 0 Å². The summed E-state index contributed by atoms with van der Waals surface area (Å²) in [6, 6.07) is -0.868. The SMILES string of the molecule is CC\C=C/C=C/C=C/C=C\C=C\C=C\CCCCCC(=O)OC(/C=C/CCCCCCCCCCC)C(COP(=O)(O)OCC[N+](C)(C)C)NC(=O)CCCCCCCCCCCCCCCCCCCCC. The van der Waals surface area contributed by atoms with Crippen molar-refractivity contribution in [3.05, 3.63) is 85.1 Å². The highest BCUT2D eigenvalue weighted by molar-refractivity contribution is 7.47. The smallest absolute Gasteiger partial charge is 0.456 e. The van der Waals surface area contributed by atoms with Crippen LogP contribution in [0.1, 0.15) is 252 Å². The minimum absolute atomic E-state index is 0.0301. The van der Waals surface area contributed by atoms with E-state index in [9.17, 15) is 19.0 Å². The minimum Gasteiger partial charge on any atom is -0.456 e. The number of carbonyl (C=O) groups excluding carboxylic acids is 2. The first-order chi connectivity index (χ1) is 35.4. The van der Waals surface area contributed by atoms with E-state index in [2.05, 4.69) is 38.2 Å². The fourth-order valence-electron chi connectivity index (χ4n) is 8.38. The first-order valence-corrected chi connectivity index (χ1v) is 31.5. The number of unbranched alkanes of at least 4 members (excludes halogenated alkanes) is 30. The molecule has 0 aromatic rings. The van der Waals surface area contributed by atoms with Crippen LogP contribution in [-0.2, 0) is 27.9 Å². The fourth-order valence-corrected chi connectivity index (χ4v) is 9.12. The molecule has 0 saturated heterocycles. The Balaban J connectivity index is 5.32. The number of amides is 1. The van der Waals surface area contributed by atoms with Gasteiger partial charge in [-0.2, -0.15) is 0 Å². The van der Waals surface area contributed by atoms with Crippen molar-refractivity contribution in [1.82, 2.24) is 5.32 Å². The number of nitrogens with one attached hydrogen (secondary N) is 1. The Bertz CT molecular complexity index is 1530. The van der Waals surface area contributed by atoms with Crippen LogP contribution in [0.25, 0.3) is 0 Å². The van der Waals surface area contributed by atoms with Crippen LogP contribution in [0.2, 0.25) is 0 Å². The molecule has 0 aromatic carbocycles. The molecule has 0 heterocycles. The van der Waals surface area contributed by atoms with Crippen LogP contribution in [0.4, 0.5) is 0 Å². The summed E-state index contributed by atoms with van der Waals surface area (Å²) in [7, 11) is 1.46. The molecule has 10 heteroatoms. The molecule has 3 unspecified atom stereocenters. The van der Waals surface area contributed by atoms with E-state index in [-0.39, 0.29) is 31.5 Å². The van der Waals surface area contributed by atoms with E-state index in [1.807, 2.05) is 94.1 Å². The van der Waals surface area contributed by atoms with Crippen molar-refractivity contribution in [2.75, 3.05) is 40.9 Å². The van der Waals surface area contributed by atoms with E-state index in [0.717, 1.165) is 64.2 Å². The molecule has 0 radical (unpaired) electrons. The lowest BCUT2D eigenvalue weighted by Crippen LogP contribution is -2.47. The Morgan fingerprint density at radius 3 is 1.33 bits per heavy atom. The topological polar surface area (TPSA) is 111 Å². The van der Waals surface area contributed by atoms with E-state index in [4.69, 9.17) is 13.8 Å². The van der Waals surface area contributed by atoms with Gasteiger partial charge in [-0.1, -0.05) is 273 Å². The van der Waals surface area contributed by atoms with Gasteiger partial charge in [0.2, 0.25) is 5.91 Å². The molecule has 0 aliphatic carbocycles. The third kappa shape index (κ3) is 53.8. The van der Waals surface area contributed by atoms with Gasteiger partial charge in [0.1, 0.15) is 19.3 Å². The second kappa shape index (κ2) is 52.6. The molecule has 2 N–H and O–H groups in total. The molecular weight excluding hydrogens is 928 g/mol. The normalized spacial score (nSPS) is 14.3. The average Bonchev–Trinajstić information content (AvgIpc) is 3.35. The first kappa shape index (κ1) is 70.2. The summed E-state index contributed by atoms with van der Waals surface area (Å²) < 4.78 is 30.6. The lowest BCUT2D eigenvalue weighted by molar-refractivity contribution is -0.870. The van der Waals surface area contributed by atoms with Gasteiger partial charge in [-0.3, -0.25) is 18.6 Å². The predicted molar refractivity (Wildman–Crippen MR) is 314 cm³/mol. The van der Waals surface area contributed by atoms with E-state index in [1.54, 1.807) is 0 Å². The Kier molecular flexibility index (Phi) is 50.6. The van der Waals surface area contributed by atoms with Crippen molar-refractivity contribution < 1.29 is 37.3 Å². The predicted octanol–water partition coefficient (Wildman–Crippen LogP) is 18.2. The number of allylic oxidation sites excluding steroid dienone is 13.